The van der Waals surface area contributed by atoms with Crippen molar-refractivity contribution in [2.75, 3.05) is 26.7 Å². The molecule has 4 amide bonds. The third kappa shape index (κ3) is 9.14. The number of likely N-dealkylation sites (N-methyl/N-ethyl adjacent to an activating group) is 1. The molecule has 4 aromatic rings. The van der Waals surface area contributed by atoms with E-state index in [2.05, 4.69) is 10.6 Å². The van der Waals surface area contributed by atoms with Gasteiger partial charge in [0.1, 0.15) is 24.7 Å². The Balaban J connectivity index is 1.19. The Morgan fingerprint density at radius 3 is 1.83 bits per heavy atom. The van der Waals surface area contributed by atoms with Crippen LogP contribution < -0.4 is 10.6 Å². The smallest absolute Gasteiger partial charge is 0.407 e. The predicted octanol–water partition coefficient (Wildman–Crippen LogP) is 5.18. The molecule has 6 rings (SSSR count). The minimum Gasteiger partial charge on any atom is -0.481 e. The van der Waals surface area contributed by atoms with Gasteiger partial charge < -0.3 is 30.3 Å². The average Bonchev–Trinajstić information content (AvgIpc) is 3.52. The van der Waals surface area contributed by atoms with Crippen LogP contribution in [0, 0.1) is 0 Å². The first kappa shape index (κ1) is 37.8. The number of carboxylic acids is 1. The van der Waals surface area contributed by atoms with Gasteiger partial charge in [0.05, 0.1) is 6.42 Å². The van der Waals surface area contributed by atoms with Crippen LogP contribution in [-0.2, 0) is 36.8 Å². The number of piperidine rings is 1. The second-order valence-electron chi connectivity index (χ2n) is 13.9. The van der Waals surface area contributed by atoms with Gasteiger partial charge in [-0.2, -0.15) is 0 Å². The normalized spacial score (nSPS) is 15.2. The van der Waals surface area contributed by atoms with E-state index in [-0.39, 0.29) is 31.3 Å². The molecule has 0 saturated carbocycles. The lowest BCUT2D eigenvalue weighted by molar-refractivity contribution is -0.145. The first-order valence-electron chi connectivity index (χ1n) is 18.5. The van der Waals surface area contributed by atoms with Crippen LogP contribution >= 0.6 is 0 Å². The van der Waals surface area contributed by atoms with E-state index < -0.39 is 48.4 Å². The summed E-state index contributed by atoms with van der Waals surface area (Å²) in [5, 5.41) is 15.2. The van der Waals surface area contributed by atoms with E-state index in [9.17, 15) is 29.1 Å². The highest BCUT2D eigenvalue weighted by Gasteiger charge is 2.37. The first-order chi connectivity index (χ1) is 26.2. The van der Waals surface area contributed by atoms with Crippen LogP contribution in [0.5, 0.6) is 0 Å². The molecule has 0 unspecified atom stereocenters. The van der Waals surface area contributed by atoms with Gasteiger partial charge in [0, 0.05) is 38.9 Å². The van der Waals surface area contributed by atoms with Crippen LogP contribution in [0.2, 0.25) is 0 Å². The summed E-state index contributed by atoms with van der Waals surface area (Å²) in [4.78, 5) is 70.5. The fourth-order valence-electron chi connectivity index (χ4n) is 7.45. The molecule has 1 heterocycles. The van der Waals surface area contributed by atoms with Gasteiger partial charge in [-0.1, -0.05) is 109 Å². The summed E-state index contributed by atoms with van der Waals surface area (Å²) in [5.74, 6) is -3.12. The lowest BCUT2D eigenvalue weighted by Crippen LogP contribution is -2.59. The third-order valence-corrected chi connectivity index (χ3v) is 10.3. The van der Waals surface area contributed by atoms with E-state index in [4.69, 9.17) is 4.74 Å². The van der Waals surface area contributed by atoms with Gasteiger partial charge in [-0.15, -0.1) is 0 Å². The van der Waals surface area contributed by atoms with Crippen LogP contribution in [-0.4, -0.2) is 89.6 Å². The van der Waals surface area contributed by atoms with Crippen molar-refractivity contribution in [2.45, 2.75) is 62.6 Å². The molecule has 3 N–H and O–H groups in total. The Kier molecular flexibility index (Phi) is 12.4. The van der Waals surface area contributed by atoms with Crippen molar-refractivity contribution < 1.29 is 33.8 Å². The van der Waals surface area contributed by atoms with E-state index in [1.165, 1.54) is 7.05 Å². The molecular formula is C43H46N4O7. The highest BCUT2D eigenvalue weighted by Crippen LogP contribution is 2.44. The van der Waals surface area contributed by atoms with Crippen molar-refractivity contribution in [2.24, 2.45) is 0 Å². The molecule has 11 nitrogen and oxygen atoms in total. The maximum atomic E-state index is 14.3. The van der Waals surface area contributed by atoms with Gasteiger partial charge in [0.2, 0.25) is 17.7 Å². The summed E-state index contributed by atoms with van der Waals surface area (Å²) in [6, 6.07) is 30.7. The molecule has 1 aliphatic heterocycles. The number of ether oxygens (including phenoxy) is 1. The summed E-state index contributed by atoms with van der Waals surface area (Å²) in [5.41, 5.74) is 5.72. The molecule has 11 heteroatoms. The standard InChI is InChI=1S/C43H46N4O7/c1-46(41(51)37(27-39(48)49)45-43(53)54-28-35-33-21-11-9-19-31(33)32-20-10-12-22-34(32)35)38(26-30-17-7-3-8-18-30)40(50)44-36(25-29-15-5-2-6-16-29)42(52)47-23-13-4-14-24-47/h2-3,5-12,15-22,35-38H,4,13-14,23-28H2,1H3,(H,44,50)(H,45,53)(H,48,49)/t36-,37-,38-/m0/s1. The van der Waals surface area contributed by atoms with Crippen molar-refractivity contribution in [1.29, 1.82) is 0 Å². The second-order valence-corrected chi connectivity index (χ2v) is 13.9. The number of carbonyl (C=O) groups is 5. The lowest BCUT2D eigenvalue weighted by Gasteiger charge is -2.34. The number of alkyl carbamates (subject to hydrolysis) is 1. The van der Waals surface area contributed by atoms with Crippen molar-refractivity contribution in [3.63, 3.8) is 0 Å². The topological polar surface area (TPSA) is 145 Å². The summed E-state index contributed by atoms with van der Waals surface area (Å²) in [6.45, 7) is 1.17. The maximum Gasteiger partial charge on any atom is 0.407 e. The monoisotopic (exact) mass is 730 g/mol. The SMILES string of the molecule is CN(C(=O)[C@H](CC(=O)O)NC(=O)OCC1c2ccccc2-c2ccccc21)[C@@H](Cc1ccccc1)C(=O)N[C@@H](Cc1ccccc1)C(=O)N1CCCCC1. The Bertz CT molecular complexity index is 1900. The predicted molar refractivity (Wildman–Crippen MR) is 203 cm³/mol. The summed E-state index contributed by atoms with van der Waals surface area (Å²) in [6.07, 6.45) is 1.44. The Morgan fingerprint density at radius 2 is 1.26 bits per heavy atom. The molecular weight excluding hydrogens is 684 g/mol. The van der Waals surface area contributed by atoms with E-state index in [1.54, 1.807) is 4.90 Å². The fraction of sp³-hybridized carbons (Fsp3) is 0.326. The number of nitrogens with zero attached hydrogens (tertiary/aromatic N) is 2. The molecule has 4 aromatic carbocycles. The zero-order valence-electron chi connectivity index (χ0n) is 30.4. The molecule has 1 saturated heterocycles. The zero-order chi connectivity index (χ0) is 38.0. The quantitative estimate of drug-likeness (QED) is 0.162. The van der Waals surface area contributed by atoms with E-state index in [0.29, 0.717) is 13.1 Å². The molecule has 0 bridgehead atoms. The third-order valence-electron chi connectivity index (χ3n) is 10.3. The molecule has 1 fully saturated rings. The minimum absolute atomic E-state index is 0.0312. The van der Waals surface area contributed by atoms with Gasteiger partial charge in [-0.05, 0) is 52.6 Å². The minimum atomic E-state index is -1.54. The van der Waals surface area contributed by atoms with Gasteiger partial charge in [-0.25, -0.2) is 4.79 Å². The van der Waals surface area contributed by atoms with Crippen molar-refractivity contribution in [1.82, 2.24) is 20.4 Å². The maximum absolute atomic E-state index is 14.3. The van der Waals surface area contributed by atoms with Gasteiger partial charge >= 0.3 is 12.1 Å². The molecule has 1 aliphatic carbocycles. The Labute approximate surface area is 315 Å². The number of hydrogen-bond acceptors (Lipinski definition) is 6. The number of carboxylic acid groups (broad SMARTS) is 1. The van der Waals surface area contributed by atoms with Crippen molar-refractivity contribution in [3.8, 4) is 11.1 Å². The Morgan fingerprint density at radius 1 is 0.722 bits per heavy atom. The second kappa shape index (κ2) is 17.7. The number of hydrogen-bond donors (Lipinski definition) is 3. The van der Waals surface area contributed by atoms with E-state index >= 15 is 0 Å². The van der Waals surface area contributed by atoms with Gasteiger partial charge in [0.25, 0.3) is 0 Å². The largest absolute Gasteiger partial charge is 0.481 e. The number of carbonyl (C=O) groups excluding carboxylic acids is 4. The van der Waals surface area contributed by atoms with Crippen LogP contribution in [0.4, 0.5) is 4.79 Å². The average molecular weight is 731 g/mol. The molecule has 3 atom stereocenters. The fourth-order valence-corrected chi connectivity index (χ4v) is 7.45. The van der Waals surface area contributed by atoms with Crippen LogP contribution in [0.25, 0.3) is 11.1 Å². The lowest BCUT2D eigenvalue weighted by atomic mass is 9.98. The highest BCUT2D eigenvalue weighted by atomic mass is 16.5. The van der Waals surface area contributed by atoms with E-state index in [0.717, 1.165) is 57.5 Å². The van der Waals surface area contributed by atoms with Gasteiger partial charge in [0.15, 0.2) is 0 Å². The van der Waals surface area contributed by atoms with Crippen molar-refractivity contribution in [3.05, 3.63) is 131 Å². The zero-order valence-corrected chi connectivity index (χ0v) is 30.4. The van der Waals surface area contributed by atoms with Crippen LogP contribution in [0.3, 0.4) is 0 Å². The summed E-state index contributed by atoms with van der Waals surface area (Å²) < 4.78 is 5.64. The van der Waals surface area contributed by atoms with Crippen LogP contribution in [0.1, 0.15) is 53.9 Å². The van der Waals surface area contributed by atoms with Crippen LogP contribution in [0.15, 0.2) is 109 Å². The van der Waals surface area contributed by atoms with Crippen molar-refractivity contribution >= 4 is 29.8 Å². The Hall–Kier alpha value is -5.97. The molecule has 0 radical (unpaired) electrons. The summed E-state index contributed by atoms with van der Waals surface area (Å²) in [7, 11) is 1.41. The molecule has 0 aromatic heterocycles. The molecule has 2 aliphatic rings. The number of benzene rings is 4. The number of aliphatic carboxylic acids is 1. The van der Waals surface area contributed by atoms with E-state index in [1.807, 2.05) is 109 Å². The first-order valence-corrected chi connectivity index (χ1v) is 18.5. The molecule has 280 valence electrons. The molecule has 54 heavy (non-hydrogen) atoms. The number of nitrogens with one attached hydrogen (secondary N) is 2. The number of rotatable bonds is 14. The van der Waals surface area contributed by atoms with Gasteiger partial charge in [-0.3, -0.25) is 19.2 Å². The number of likely N-dealkylation sites (tertiary alicyclic amines) is 1. The summed E-state index contributed by atoms with van der Waals surface area (Å²) >= 11 is 0. The highest BCUT2D eigenvalue weighted by molar-refractivity contribution is 5.95. The number of amides is 4. The number of fused-ring (bicyclic) bond motifs is 3. The molecule has 0 spiro atoms.